The van der Waals surface area contributed by atoms with Gasteiger partial charge < -0.3 is 9.64 Å². The lowest BCUT2D eigenvalue weighted by Gasteiger charge is -2.27. The molecule has 0 unspecified atom stereocenters. The molecule has 0 bridgehead atoms. The molecule has 27 heavy (non-hydrogen) atoms. The lowest BCUT2D eigenvalue weighted by molar-refractivity contribution is -0.120. The minimum Gasteiger partial charge on any atom is -0.482 e. The molecule has 0 saturated carbocycles. The summed E-state index contributed by atoms with van der Waals surface area (Å²) in [6.07, 6.45) is 1.42. The van der Waals surface area contributed by atoms with Crippen molar-refractivity contribution in [1.29, 1.82) is 0 Å². The molecule has 142 valence electrons. The number of anilines is 1. The highest BCUT2D eigenvalue weighted by atomic mass is 35.5. The third kappa shape index (κ3) is 4.80. The number of halogens is 3. The second kappa shape index (κ2) is 7.88. The summed E-state index contributed by atoms with van der Waals surface area (Å²) in [5, 5.41) is 1.74. The molecule has 0 N–H and O–H groups in total. The molecule has 1 amide bonds. The summed E-state index contributed by atoms with van der Waals surface area (Å²) in [5.74, 6) is -1.01. The van der Waals surface area contributed by atoms with Crippen molar-refractivity contribution < 1.29 is 22.3 Å². The van der Waals surface area contributed by atoms with E-state index in [0.717, 1.165) is 5.41 Å². The first kappa shape index (κ1) is 19.7. The highest BCUT2D eigenvalue weighted by Crippen LogP contribution is 2.28. The zero-order valence-electron chi connectivity index (χ0n) is 13.8. The first-order valence-electron chi connectivity index (χ1n) is 7.81. The molecule has 1 heterocycles. The lowest BCUT2D eigenvalue weighted by atomic mass is 10.2. The molecule has 5 nitrogen and oxygen atoms in total. The molecule has 0 saturated heterocycles. The van der Waals surface area contributed by atoms with Crippen LogP contribution >= 0.6 is 23.2 Å². The quantitative estimate of drug-likeness (QED) is 0.723. The van der Waals surface area contributed by atoms with Gasteiger partial charge in [-0.2, -0.15) is 0 Å². The van der Waals surface area contributed by atoms with Crippen LogP contribution in [0, 0.1) is 5.82 Å². The summed E-state index contributed by atoms with van der Waals surface area (Å²) in [4.78, 5) is 14.1. The van der Waals surface area contributed by atoms with Crippen LogP contribution in [0.1, 0.15) is 0 Å². The van der Waals surface area contributed by atoms with Crippen molar-refractivity contribution in [2.75, 3.05) is 17.3 Å². The molecule has 0 radical (unpaired) electrons. The number of rotatable bonds is 5. The van der Waals surface area contributed by atoms with Crippen LogP contribution in [0.4, 0.5) is 10.1 Å². The van der Waals surface area contributed by atoms with E-state index in [1.807, 2.05) is 0 Å². The molecule has 2 aromatic rings. The molecule has 2 aromatic carbocycles. The summed E-state index contributed by atoms with van der Waals surface area (Å²) in [6, 6.07) is 9.06. The van der Waals surface area contributed by atoms with Gasteiger partial charge in [-0.3, -0.25) is 4.79 Å². The fourth-order valence-corrected chi connectivity index (χ4v) is 4.24. The minimum atomic E-state index is -3.40. The molecule has 1 aliphatic rings. The predicted molar refractivity (Wildman–Crippen MR) is 103 cm³/mol. The number of carbonyl (C=O) groups excluding carboxylic acids is 1. The largest absolute Gasteiger partial charge is 0.482 e. The normalized spacial score (nSPS) is 17.7. The van der Waals surface area contributed by atoms with Crippen molar-refractivity contribution in [3.8, 4) is 5.75 Å². The summed E-state index contributed by atoms with van der Waals surface area (Å²) >= 11 is 11.9. The predicted octanol–water partition coefficient (Wildman–Crippen LogP) is 3.86. The number of ether oxygens (including phenoxy) is 1. The molecular weight excluding hydrogens is 416 g/mol. The Morgan fingerprint density at radius 2 is 1.89 bits per heavy atom. The standard InChI is InChI=1S/C18H14Cl2FNO4S/c19-12-1-6-16(20)17(9-12)26-10-18(23)22(14-4-2-13(21)3-5-14)15-7-8-27(24,25)11-15/h1-9,15H,10-11H2/t15-/m1/s1. The maximum absolute atomic E-state index is 13.2. The fraction of sp³-hybridized carbons (Fsp3) is 0.167. The molecule has 3 rings (SSSR count). The van der Waals surface area contributed by atoms with Crippen molar-refractivity contribution >= 4 is 44.6 Å². The Labute approximate surface area is 165 Å². The second-order valence-electron chi connectivity index (χ2n) is 5.83. The third-order valence-corrected chi connectivity index (χ3v) is 5.79. The zero-order valence-corrected chi connectivity index (χ0v) is 16.1. The number of amides is 1. The first-order valence-corrected chi connectivity index (χ1v) is 10.3. The number of sulfone groups is 1. The van der Waals surface area contributed by atoms with Gasteiger partial charge in [-0.15, -0.1) is 0 Å². The van der Waals surface area contributed by atoms with Gasteiger partial charge in [-0.1, -0.05) is 23.2 Å². The fourth-order valence-electron chi connectivity index (χ4n) is 2.64. The van der Waals surface area contributed by atoms with Crippen molar-refractivity contribution in [3.05, 3.63) is 69.8 Å². The Bertz CT molecular complexity index is 993. The summed E-state index contributed by atoms with van der Waals surface area (Å²) in [6.45, 7) is -0.401. The van der Waals surface area contributed by atoms with E-state index in [1.165, 1.54) is 47.4 Å². The van der Waals surface area contributed by atoms with E-state index in [9.17, 15) is 17.6 Å². The highest BCUT2D eigenvalue weighted by Gasteiger charge is 2.31. The van der Waals surface area contributed by atoms with E-state index in [2.05, 4.69) is 0 Å². The van der Waals surface area contributed by atoms with Crippen molar-refractivity contribution in [3.63, 3.8) is 0 Å². The van der Waals surface area contributed by atoms with Gasteiger partial charge in [0.05, 0.1) is 16.8 Å². The van der Waals surface area contributed by atoms with Crippen LogP contribution in [0.5, 0.6) is 5.75 Å². The van der Waals surface area contributed by atoms with Gasteiger partial charge in [0.1, 0.15) is 11.6 Å². The molecular formula is C18H14Cl2FNO4S. The van der Waals surface area contributed by atoms with Crippen molar-refractivity contribution in [1.82, 2.24) is 0 Å². The van der Waals surface area contributed by atoms with Gasteiger partial charge in [0, 0.05) is 22.2 Å². The highest BCUT2D eigenvalue weighted by molar-refractivity contribution is 7.94. The number of benzene rings is 2. The molecule has 0 aromatic heterocycles. The van der Waals surface area contributed by atoms with E-state index in [-0.39, 0.29) is 16.5 Å². The van der Waals surface area contributed by atoms with E-state index in [4.69, 9.17) is 27.9 Å². The van der Waals surface area contributed by atoms with Gasteiger partial charge in [0.2, 0.25) is 0 Å². The van der Waals surface area contributed by atoms with Gasteiger partial charge in [-0.05, 0) is 42.5 Å². The minimum absolute atomic E-state index is 0.228. The van der Waals surface area contributed by atoms with Crippen LogP contribution in [-0.2, 0) is 14.6 Å². The molecule has 0 fully saturated rings. The Hall–Kier alpha value is -2.09. The van der Waals surface area contributed by atoms with Crippen molar-refractivity contribution in [2.24, 2.45) is 0 Å². The van der Waals surface area contributed by atoms with Crippen LogP contribution < -0.4 is 9.64 Å². The van der Waals surface area contributed by atoms with Crippen LogP contribution in [0.2, 0.25) is 10.0 Å². The van der Waals surface area contributed by atoms with Crippen LogP contribution in [0.15, 0.2) is 53.9 Å². The monoisotopic (exact) mass is 429 g/mol. The zero-order chi connectivity index (χ0) is 19.6. The van der Waals surface area contributed by atoms with Gasteiger partial charge >= 0.3 is 0 Å². The third-order valence-electron chi connectivity index (χ3n) is 3.86. The summed E-state index contributed by atoms with van der Waals surface area (Å²) in [5.41, 5.74) is 0.356. The topological polar surface area (TPSA) is 63.7 Å². The Morgan fingerprint density at radius 3 is 2.52 bits per heavy atom. The molecule has 1 atom stereocenters. The number of hydrogen-bond acceptors (Lipinski definition) is 4. The van der Waals surface area contributed by atoms with Gasteiger partial charge in [0.15, 0.2) is 16.4 Å². The van der Waals surface area contributed by atoms with Crippen LogP contribution in [0.25, 0.3) is 0 Å². The molecule has 0 spiro atoms. The Kier molecular flexibility index (Phi) is 5.74. The smallest absolute Gasteiger partial charge is 0.265 e. The Morgan fingerprint density at radius 1 is 1.19 bits per heavy atom. The SMILES string of the molecule is O=C(COc1cc(Cl)ccc1Cl)N(c1ccc(F)cc1)[C@@H]1C=CS(=O)(=O)C1. The van der Waals surface area contributed by atoms with E-state index in [0.29, 0.717) is 10.7 Å². The first-order chi connectivity index (χ1) is 12.7. The van der Waals surface area contributed by atoms with Crippen LogP contribution in [0.3, 0.4) is 0 Å². The van der Waals surface area contributed by atoms with E-state index >= 15 is 0 Å². The van der Waals surface area contributed by atoms with E-state index in [1.54, 1.807) is 6.07 Å². The van der Waals surface area contributed by atoms with Crippen LogP contribution in [-0.4, -0.2) is 32.7 Å². The maximum atomic E-state index is 13.2. The summed E-state index contributed by atoms with van der Waals surface area (Å²) in [7, 11) is -3.40. The van der Waals surface area contributed by atoms with Gasteiger partial charge in [-0.25, -0.2) is 12.8 Å². The van der Waals surface area contributed by atoms with E-state index < -0.39 is 34.2 Å². The molecule has 1 aliphatic heterocycles. The van der Waals surface area contributed by atoms with Gasteiger partial charge in [0.25, 0.3) is 5.91 Å². The molecule has 0 aliphatic carbocycles. The number of carbonyl (C=O) groups is 1. The second-order valence-corrected chi connectivity index (χ2v) is 8.60. The maximum Gasteiger partial charge on any atom is 0.265 e. The lowest BCUT2D eigenvalue weighted by Crippen LogP contribution is -2.43. The average molecular weight is 430 g/mol. The van der Waals surface area contributed by atoms with Crippen molar-refractivity contribution in [2.45, 2.75) is 6.04 Å². The number of nitrogens with zero attached hydrogens (tertiary/aromatic N) is 1. The number of hydrogen-bond donors (Lipinski definition) is 0. The Balaban J connectivity index is 1.83. The molecule has 9 heteroatoms. The summed E-state index contributed by atoms with van der Waals surface area (Å²) < 4.78 is 42.2. The average Bonchev–Trinajstić information content (AvgIpc) is 2.97.